The number of carbonyl (C=O) groups excluding carboxylic acids is 2. The van der Waals surface area contributed by atoms with Crippen molar-refractivity contribution < 1.29 is 19.8 Å². The summed E-state index contributed by atoms with van der Waals surface area (Å²) in [5.74, 6) is 0. The number of aliphatic hydroxyl groups is 2. The van der Waals surface area contributed by atoms with E-state index in [1.54, 1.807) is 0 Å². The molecule has 0 bridgehead atoms. The van der Waals surface area contributed by atoms with Gasteiger partial charge in [0.2, 0.25) is 0 Å². The highest BCUT2D eigenvalue weighted by Gasteiger charge is 2.12. The third-order valence-corrected chi connectivity index (χ3v) is 0.629. The Bertz CT molecular complexity index is 78.0. The Morgan fingerprint density at radius 2 is 1.25 bits per heavy atom. The predicted molar refractivity (Wildman–Crippen MR) is 24.1 cm³/mol. The molecule has 0 aliphatic carbocycles. The van der Waals surface area contributed by atoms with Gasteiger partial charge in [0.15, 0.2) is 12.6 Å². The first kappa shape index (κ1) is 7.26. The zero-order valence-electron chi connectivity index (χ0n) is 4.02. The molecule has 0 saturated heterocycles. The fourth-order valence-electron chi connectivity index (χ4n) is 0.161. The molecule has 0 aromatic carbocycles. The molecule has 8 heavy (non-hydrogen) atoms. The van der Waals surface area contributed by atoms with E-state index in [1.165, 1.54) is 0 Å². The topological polar surface area (TPSA) is 74.6 Å². The summed E-state index contributed by atoms with van der Waals surface area (Å²) >= 11 is 0. The molecule has 46 valence electrons. The summed E-state index contributed by atoms with van der Waals surface area (Å²) in [5.41, 5.74) is 0. The summed E-state index contributed by atoms with van der Waals surface area (Å²) in [5, 5.41) is 16.6. The molecule has 0 radical (unpaired) electrons. The number of rotatable bonds is 3. The molecule has 0 rings (SSSR count). The van der Waals surface area contributed by atoms with Crippen LogP contribution in [0.25, 0.3) is 0 Å². The van der Waals surface area contributed by atoms with Crippen LogP contribution in [0.4, 0.5) is 0 Å². The molecule has 0 aliphatic heterocycles. The van der Waals surface area contributed by atoms with Gasteiger partial charge in [-0.1, -0.05) is 0 Å². The number of carbonyl (C=O) groups is 2. The van der Waals surface area contributed by atoms with E-state index in [9.17, 15) is 9.59 Å². The van der Waals surface area contributed by atoms with Crippen LogP contribution in [0.15, 0.2) is 0 Å². The number of hydrogen-bond donors (Lipinski definition) is 2. The van der Waals surface area contributed by atoms with Crippen LogP contribution in [0, 0.1) is 0 Å². The normalized spacial score (nSPS) is 16.8. The van der Waals surface area contributed by atoms with Crippen molar-refractivity contribution in [2.24, 2.45) is 0 Å². The Morgan fingerprint density at radius 3 is 1.38 bits per heavy atom. The van der Waals surface area contributed by atoms with Crippen molar-refractivity contribution in [2.45, 2.75) is 12.2 Å². The number of hydrogen-bond acceptors (Lipinski definition) is 4. The first-order chi connectivity index (χ1) is 3.72. The van der Waals surface area contributed by atoms with Gasteiger partial charge in [-0.2, -0.15) is 0 Å². The molecule has 0 aliphatic rings. The minimum absolute atomic E-state index is 0.0963. The van der Waals surface area contributed by atoms with E-state index in [0.29, 0.717) is 0 Å². The average Bonchev–Trinajstić information content (AvgIpc) is 1.84. The highest BCUT2D eigenvalue weighted by Crippen LogP contribution is 1.82. The molecule has 4 heteroatoms. The minimum Gasteiger partial charge on any atom is -0.382 e. The second-order valence-corrected chi connectivity index (χ2v) is 1.25. The summed E-state index contributed by atoms with van der Waals surface area (Å²) < 4.78 is 0. The maximum absolute atomic E-state index is 9.54. The van der Waals surface area contributed by atoms with Crippen molar-refractivity contribution in [3.8, 4) is 0 Å². The maximum Gasteiger partial charge on any atom is 0.151 e. The molecule has 0 aromatic heterocycles. The second-order valence-electron chi connectivity index (χ2n) is 1.25. The SMILES string of the molecule is O=CC(O)C(O)C=O. The predicted octanol–water partition coefficient (Wildman–Crippen LogP) is -1.89. The third-order valence-electron chi connectivity index (χ3n) is 0.629. The van der Waals surface area contributed by atoms with E-state index in [1.807, 2.05) is 0 Å². The molecule has 0 heterocycles. The summed E-state index contributed by atoms with van der Waals surface area (Å²) in [4.78, 5) is 19.1. The lowest BCUT2D eigenvalue weighted by molar-refractivity contribution is -0.129. The van der Waals surface area contributed by atoms with Crippen LogP contribution in [-0.4, -0.2) is 35.0 Å². The van der Waals surface area contributed by atoms with Crippen LogP contribution in [0.3, 0.4) is 0 Å². The van der Waals surface area contributed by atoms with Gasteiger partial charge >= 0.3 is 0 Å². The molecule has 2 N–H and O–H groups in total. The standard InChI is InChI=1S/C4H6O4/c5-1-3(7)4(8)2-6/h1-4,7-8H. The van der Waals surface area contributed by atoms with Crippen molar-refractivity contribution >= 4 is 12.6 Å². The smallest absolute Gasteiger partial charge is 0.151 e. The van der Waals surface area contributed by atoms with Crippen LogP contribution in [0.1, 0.15) is 0 Å². The molecule has 0 amide bonds. The van der Waals surface area contributed by atoms with Gasteiger partial charge in [-0.3, -0.25) is 0 Å². The lowest BCUT2D eigenvalue weighted by Gasteiger charge is -2.01. The highest BCUT2D eigenvalue weighted by atomic mass is 16.3. The summed E-state index contributed by atoms with van der Waals surface area (Å²) in [6.07, 6.45) is -2.96. The molecule has 0 spiro atoms. The quantitative estimate of drug-likeness (QED) is 0.425. The van der Waals surface area contributed by atoms with E-state index in [2.05, 4.69) is 0 Å². The summed E-state index contributed by atoms with van der Waals surface area (Å²) in [6, 6.07) is 0. The van der Waals surface area contributed by atoms with Gasteiger partial charge in [0.05, 0.1) is 0 Å². The van der Waals surface area contributed by atoms with E-state index in [-0.39, 0.29) is 12.6 Å². The van der Waals surface area contributed by atoms with Gasteiger partial charge < -0.3 is 19.8 Å². The fourth-order valence-corrected chi connectivity index (χ4v) is 0.161. The molecular weight excluding hydrogens is 112 g/mol. The van der Waals surface area contributed by atoms with Crippen molar-refractivity contribution in [3.63, 3.8) is 0 Å². The first-order valence-electron chi connectivity index (χ1n) is 1.99. The summed E-state index contributed by atoms with van der Waals surface area (Å²) in [7, 11) is 0. The molecule has 0 fully saturated rings. The number of aliphatic hydroxyl groups excluding tert-OH is 2. The summed E-state index contributed by atoms with van der Waals surface area (Å²) in [6.45, 7) is 0. The zero-order valence-corrected chi connectivity index (χ0v) is 4.02. The zero-order chi connectivity index (χ0) is 6.57. The average molecular weight is 118 g/mol. The molecule has 2 unspecified atom stereocenters. The molecule has 4 nitrogen and oxygen atoms in total. The Kier molecular flexibility index (Phi) is 2.98. The Hall–Kier alpha value is -0.740. The lowest BCUT2D eigenvalue weighted by Crippen LogP contribution is -2.27. The van der Waals surface area contributed by atoms with Gasteiger partial charge in [-0.05, 0) is 0 Å². The highest BCUT2D eigenvalue weighted by molar-refractivity contribution is 5.67. The lowest BCUT2D eigenvalue weighted by atomic mass is 10.2. The van der Waals surface area contributed by atoms with Gasteiger partial charge in [-0.15, -0.1) is 0 Å². The monoisotopic (exact) mass is 118 g/mol. The third kappa shape index (κ3) is 1.81. The van der Waals surface area contributed by atoms with Gasteiger partial charge in [0, 0.05) is 0 Å². The van der Waals surface area contributed by atoms with E-state index in [0.717, 1.165) is 0 Å². The van der Waals surface area contributed by atoms with Crippen molar-refractivity contribution in [2.75, 3.05) is 0 Å². The van der Waals surface area contributed by atoms with Crippen molar-refractivity contribution in [3.05, 3.63) is 0 Å². The van der Waals surface area contributed by atoms with E-state index < -0.39 is 12.2 Å². The van der Waals surface area contributed by atoms with Gasteiger partial charge in [0.1, 0.15) is 12.2 Å². The van der Waals surface area contributed by atoms with E-state index in [4.69, 9.17) is 10.2 Å². The largest absolute Gasteiger partial charge is 0.382 e. The Labute approximate surface area is 45.7 Å². The first-order valence-corrected chi connectivity index (χ1v) is 1.99. The fraction of sp³-hybridized carbons (Fsp3) is 0.500. The van der Waals surface area contributed by atoms with Gasteiger partial charge in [0.25, 0.3) is 0 Å². The van der Waals surface area contributed by atoms with Crippen molar-refractivity contribution in [1.29, 1.82) is 0 Å². The molecule has 0 saturated carbocycles. The van der Waals surface area contributed by atoms with Crippen LogP contribution in [-0.2, 0) is 9.59 Å². The van der Waals surface area contributed by atoms with Crippen LogP contribution in [0.5, 0.6) is 0 Å². The van der Waals surface area contributed by atoms with Crippen LogP contribution < -0.4 is 0 Å². The second kappa shape index (κ2) is 3.29. The Balaban J connectivity index is 3.60. The number of aldehydes is 2. The molecule has 0 aromatic rings. The molecular formula is C4H6O4. The van der Waals surface area contributed by atoms with Gasteiger partial charge in [-0.25, -0.2) is 0 Å². The van der Waals surface area contributed by atoms with Crippen molar-refractivity contribution in [1.82, 2.24) is 0 Å². The maximum atomic E-state index is 9.54. The van der Waals surface area contributed by atoms with Crippen LogP contribution in [0.2, 0.25) is 0 Å². The van der Waals surface area contributed by atoms with E-state index >= 15 is 0 Å². The minimum atomic E-state index is -1.58. The molecule has 2 atom stereocenters. The Morgan fingerprint density at radius 1 is 1.00 bits per heavy atom. The van der Waals surface area contributed by atoms with Crippen LogP contribution >= 0.6 is 0 Å².